The Hall–Kier alpha value is -2.37. The molecule has 1 amide bonds. The normalized spacial score (nSPS) is 11.2. The Labute approximate surface area is 124 Å². The lowest BCUT2D eigenvalue weighted by Gasteiger charge is -2.19. The van der Waals surface area contributed by atoms with Crippen molar-refractivity contribution in [3.63, 3.8) is 0 Å². The van der Waals surface area contributed by atoms with Crippen molar-refractivity contribution in [3.8, 4) is 0 Å². The lowest BCUT2D eigenvalue weighted by atomic mass is 10.2. The van der Waals surface area contributed by atoms with Crippen molar-refractivity contribution in [2.75, 3.05) is 13.7 Å². The van der Waals surface area contributed by atoms with Crippen molar-refractivity contribution in [2.24, 2.45) is 0 Å². The number of rotatable bonds is 4. The predicted octanol–water partition coefficient (Wildman–Crippen LogP) is 2.41. The lowest BCUT2D eigenvalue weighted by molar-refractivity contribution is 0.0532. The molecular formula is C15H20N2O4. The van der Waals surface area contributed by atoms with Crippen LogP contribution >= 0.6 is 0 Å². The van der Waals surface area contributed by atoms with Gasteiger partial charge >= 0.3 is 12.1 Å². The van der Waals surface area contributed by atoms with Gasteiger partial charge in [-0.05, 0) is 32.4 Å². The number of amides is 1. The van der Waals surface area contributed by atoms with Crippen LogP contribution in [-0.2, 0) is 9.47 Å². The SMILES string of the molecule is COC(=O)c1ccc(C=CCNC(=O)OC(C)(C)C)cn1. The van der Waals surface area contributed by atoms with Crippen molar-refractivity contribution in [2.45, 2.75) is 26.4 Å². The average Bonchev–Trinajstić information content (AvgIpc) is 2.41. The average molecular weight is 292 g/mol. The first kappa shape index (κ1) is 16.7. The topological polar surface area (TPSA) is 77.5 Å². The zero-order chi connectivity index (χ0) is 15.9. The van der Waals surface area contributed by atoms with Gasteiger partial charge in [-0.1, -0.05) is 18.2 Å². The standard InChI is InChI=1S/C15H20N2O4/c1-15(2,3)21-14(19)16-9-5-6-11-7-8-12(17-10-11)13(18)20-4/h5-8,10H,9H2,1-4H3,(H,16,19). The molecule has 6 nitrogen and oxygen atoms in total. The van der Waals surface area contributed by atoms with E-state index in [1.165, 1.54) is 7.11 Å². The van der Waals surface area contributed by atoms with Gasteiger partial charge in [0.2, 0.25) is 0 Å². The largest absolute Gasteiger partial charge is 0.464 e. The Morgan fingerprint density at radius 1 is 1.33 bits per heavy atom. The highest BCUT2D eigenvalue weighted by atomic mass is 16.6. The number of carbonyl (C=O) groups excluding carboxylic acids is 2. The van der Waals surface area contributed by atoms with Crippen LogP contribution in [0, 0.1) is 0 Å². The van der Waals surface area contributed by atoms with E-state index in [9.17, 15) is 9.59 Å². The molecule has 0 aromatic carbocycles. The minimum atomic E-state index is -0.512. The van der Waals surface area contributed by atoms with Gasteiger partial charge in [-0.3, -0.25) is 0 Å². The Kier molecular flexibility index (Phi) is 5.90. The second-order valence-electron chi connectivity index (χ2n) is 5.25. The predicted molar refractivity (Wildman–Crippen MR) is 78.8 cm³/mol. The summed E-state index contributed by atoms with van der Waals surface area (Å²) in [7, 11) is 1.31. The van der Waals surface area contributed by atoms with E-state index in [-0.39, 0.29) is 5.69 Å². The molecule has 0 atom stereocenters. The van der Waals surface area contributed by atoms with E-state index in [0.29, 0.717) is 6.54 Å². The van der Waals surface area contributed by atoms with Crippen LogP contribution in [0.15, 0.2) is 24.4 Å². The summed E-state index contributed by atoms with van der Waals surface area (Å²) in [6, 6.07) is 3.32. The van der Waals surface area contributed by atoms with E-state index in [0.717, 1.165) is 5.56 Å². The van der Waals surface area contributed by atoms with Gasteiger partial charge in [0.1, 0.15) is 11.3 Å². The van der Waals surface area contributed by atoms with Gasteiger partial charge in [0.15, 0.2) is 0 Å². The molecule has 0 aliphatic carbocycles. The minimum absolute atomic E-state index is 0.251. The molecule has 6 heteroatoms. The molecule has 1 aromatic rings. The van der Waals surface area contributed by atoms with Gasteiger partial charge < -0.3 is 14.8 Å². The number of hydrogen-bond donors (Lipinski definition) is 1. The number of methoxy groups -OCH3 is 1. The zero-order valence-electron chi connectivity index (χ0n) is 12.7. The highest BCUT2D eigenvalue weighted by Crippen LogP contribution is 2.06. The third kappa shape index (κ3) is 6.56. The van der Waals surface area contributed by atoms with Gasteiger partial charge in [0.25, 0.3) is 0 Å². The van der Waals surface area contributed by atoms with Gasteiger partial charge in [0.05, 0.1) is 7.11 Å². The number of hydrogen-bond acceptors (Lipinski definition) is 5. The monoisotopic (exact) mass is 292 g/mol. The Balaban J connectivity index is 2.44. The minimum Gasteiger partial charge on any atom is -0.464 e. The number of nitrogens with one attached hydrogen (secondary N) is 1. The molecule has 0 aliphatic rings. The number of pyridine rings is 1. The van der Waals surface area contributed by atoms with Gasteiger partial charge in [-0.15, -0.1) is 0 Å². The van der Waals surface area contributed by atoms with Crippen LogP contribution in [-0.4, -0.2) is 36.3 Å². The summed E-state index contributed by atoms with van der Waals surface area (Å²) in [5, 5.41) is 2.61. The molecular weight excluding hydrogens is 272 g/mol. The second-order valence-corrected chi connectivity index (χ2v) is 5.25. The second kappa shape index (κ2) is 7.42. The van der Waals surface area contributed by atoms with Crippen molar-refractivity contribution in [3.05, 3.63) is 35.7 Å². The van der Waals surface area contributed by atoms with Crippen LogP contribution < -0.4 is 5.32 Å². The fraction of sp³-hybridized carbons (Fsp3) is 0.400. The summed E-state index contributed by atoms with van der Waals surface area (Å²) >= 11 is 0. The molecule has 1 heterocycles. The number of alkyl carbamates (subject to hydrolysis) is 1. The molecule has 1 rings (SSSR count). The number of carbonyl (C=O) groups is 2. The lowest BCUT2D eigenvalue weighted by Crippen LogP contribution is -2.32. The van der Waals surface area contributed by atoms with E-state index >= 15 is 0 Å². The molecule has 0 radical (unpaired) electrons. The first-order valence-electron chi connectivity index (χ1n) is 6.49. The molecule has 1 aromatic heterocycles. The van der Waals surface area contributed by atoms with Gasteiger partial charge in [0, 0.05) is 12.7 Å². The van der Waals surface area contributed by atoms with Gasteiger partial charge in [-0.25, -0.2) is 14.6 Å². The number of nitrogens with zero attached hydrogens (tertiary/aromatic N) is 1. The van der Waals surface area contributed by atoms with E-state index in [4.69, 9.17) is 4.74 Å². The summed E-state index contributed by atoms with van der Waals surface area (Å²) < 4.78 is 9.66. The van der Waals surface area contributed by atoms with Crippen LogP contribution in [0.4, 0.5) is 4.79 Å². The van der Waals surface area contributed by atoms with E-state index in [1.54, 1.807) is 51.3 Å². The molecule has 0 fully saturated rings. The fourth-order valence-corrected chi connectivity index (χ4v) is 1.38. The maximum absolute atomic E-state index is 11.4. The van der Waals surface area contributed by atoms with Crippen LogP contribution in [0.5, 0.6) is 0 Å². The fourth-order valence-electron chi connectivity index (χ4n) is 1.38. The van der Waals surface area contributed by atoms with E-state index < -0.39 is 17.7 Å². The first-order chi connectivity index (χ1) is 9.81. The van der Waals surface area contributed by atoms with Gasteiger partial charge in [-0.2, -0.15) is 0 Å². The van der Waals surface area contributed by atoms with Crippen molar-refractivity contribution < 1.29 is 19.1 Å². The Morgan fingerprint density at radius 3 is 2.57 bits per heavy atom. The maximum atomic E-state index is 11.4. The highest BCUT2D eigenvalue weighted by molar-refractivity contribution is 5.87. The molecule has 0 unspecified atom stereocenters. The van der Waals surface area contributed by atoms with Crippen molar-refractivity contribution in [1.29, 1.82) is 0 Å². The number of aromatic nitrogens is 1. The molecule has 114 valence electrons. The summed E-state index contributed by atoms with van der Waals surface area (Å²) in [5.41, 5.74) is 0.553. The van der Waals surface area contributed by atoms with E-state index in [2.05, 4.69) is 15.0 Å². The third-order valence-corrected chi connectivity index (χ3v) is 2.25. The Morgan fingerprint density at radius 2 is 2.05 bits per heavy atom. The molecule has 0 saturated carbocycles. The van der Waals surface area contributed by atoms with Crippen LogP contribution in [0.1, 0.15) is 36.8 Å². The molecule has 0 saturated heterocycles. The molecule has 0 spiro atoms. The smallest absolute Gasteiger partial charge is 0.407 e. The van der Waals surface area contributed by atoms with Crippen molar-refractivity contribution in [1.82, 2.24) is 10.3 Å². The molecule has 0 aliphatic heterocycles. The first-order valence-corrected chi connectivity index (χ1v) is 6.49. The summed E-state index contributed by atoms with van der Waals surface area (Å²) in [5.74, 6) is -0.475. The molecule has 0 bridgehead atoms. The molecule has 21 heavy (non-hydrogen) atoms. The molecule has 1 N–H and O–H groups in total. The van der Waals surface area contributed by atoms with Crippen LogP contribution in [0.2, 0.25) is 0 Å². The number of ether oxygens (including phenoxy) is 2. The maximum Gasteiger partial charge on any atom is 0.407 e. The summed E-state index contributed by atoms with van der Waals surface area (Å²) in [6.07, 6.45) is 4.63. The Bertz CT molecular complexity index is 515. The van der Waals surface area contributed by atoms with Crippen molar-refractivity contribution >= 4 is 18.1 Å². The quantitative estimate of drug-likeness (QED) is 0.862. The third-order valence-electron chi connectivity index (χ3n) is 2.25. The zero-order valence-corrected chi connectivity index (χ0v) is 12.7. The number of esters is 1. The summed E-state index contributed by atoms with van der Waals surface area (Å²) in [6.45, 7) is 5.75. The van der Waals surface area contributed by atoms with Crippen LogP contribution in [0.25, 0.3) is 6.08 Å². The van der Waals surface area contributed by atoms with Crippen LogP contribution in [0.3, 0.4) is 0 Å². The highest BCUT2D eigenvalue weighted by Gasteiger charge is 2.14. The van der Waals surface area contributed by atoms with E-state index in [1.807, 2.05) is 0 Å². The summed E-state index contributed by atoms with van der Waals surface area (Å²) in [4.78, 5) is 26.6.